The number of furan rings is 1. The highest BCUT2D eigenvalue weighted by molar-refractivity contribution is 5.91. The van der Waals surface area contributed by atoms with Crippen LogP contribution in [0.15, 0.2) is 28.7 Å². The first-order valence-electron chi connectivity index (χ1n) is 6.55. The SMILES string of the molecule is CCOCC(C)OCc1ccc2oc(C(=O)O)cc2c1. The van der Waals surface area contributed by atoms with Gasteiger partial charge in [0.15, 0.2) is 0 Å². The molecule has 5 nitrogen and oxygen atoms in total. The summed E-state index contributed by atoms with van der Waals surface area (Å²) < 4.78 is 16.1. The third-order valence-corrected chi connectivity index (χ3v) is 2.88. The van der Waals surface area contributed by atoms with Gasteiger partial charge in [-0.1, -0.05) is 6.07 Å². The van der Waals surface area contributed by atoms with Crippen LogP contribution in [0.5, 0.6) is 0 Å². The van der Waals surface area contributed by atoms with Crippen LogP contribution in [0.2, 0.25) is 0 Å². The molecule has 2 aromatic rings. The summed E-state index contributed by atoms with van der Waals surface area (Å²) in [4.78, 5) is 10.8. The molecule has 1 atom stereocenters. The highest BCUT2D eigenvalue weighted by atomic mass is 16.5. The van der Waals surface area contributed by atoms with Crippen LogP contribution in [-0.2, 0) is 16.1 Å². The molecular formula is C15H18O5. The quantitative estimate of drug-likeness (QED) is 0.843. The van der Waals surface area contributed by atoms with Gasteiger partial charge in [-0.05, 0) is 37.6 Å². The average Bonchev–Trinajstić information content (AvgIpc) is 2.86. The predicted molar refractivity (Wildman–Crippen MR) is 73.9 cm³/mol. The number of fused-ring (bicyclic) bond motifs is 1. The van der Waals surface area contributed by atoms with Crippen molar-refractivity contribution in [2.75, 3.05) is 13.2 Å². The Morgan fingerprint density at radius 3 is 2.90 bits per heavy atom. The van der Waals surface area contributed by atoms with E-state index in [-0.39, 0.29) is 11.9 Å². The maximum atomic E-state index is 10.8. The summed E-state index contributed by atoms with van der Waals surface area (Å²) in [6, 6.07) is 7.02. The van der Waals surface area contributed by atoms with Crippen molar-refractivity contribution in [2.45, 2.75) is 26.6 Å². The van der Waals surface area contributed by atoms with Crippen LogP contribution in [0.25, 0.3) is 11.0 Å². The molecule has 0 aliphatic rings. The van der Waals surface area contributed by atoms with E-state index in [0.29, 0.717) is 25.4 Å². The minimum atomic E-state index is -1.07. The van der Waals surface area contributed by atoms with E-state index in [2.05, 4.69) is 0 Å². The lowest BCUT2D eigenvalue weighted by molar-refractivity contribution is -0.0116. The van der Waals surface area contributed by atoms with Gasteiger partial charge < -0.3 is 19.0 Å². The normalized spacial score (nSPS) is 12.7. The molecule has 0 fully saturated rings. The van der Waals surface area contributed by atoms with Crippen LogP contribution < -0.4 is 0 Å². The first-order valence-corrected chi connectivity index (χ1v) is 6.55. The third-order valence-electron chi connectivity index (χ3n) is 2.88. The molecule has 0 aliphatic heterocycles. The van der Waals surface area contributed by atoms with E-state index in [9.17, 15) is 4.79 Å². The molecule has 0 saturated heterocycles. The smallest absolute Gasteiger partial charge is 0.371 e. The number of ether oxygens (including phenoxy) is 2. The highest BCUT2D eigenvalue weighted by Gasteiger charge is 2.11. The van der Waals surface area contributed by atoms with Crippen LogP contribution in [0, 0.1) is 0 Å². The predicted octanol–water partition coefficient (Wildman–Crippen LogP) is 3.07. The van der Waals surface area contributed by atoms with Crippen LogP contribution in [-0.4, -0.2) is 30.4 Å². The summed E-state index contributed by atoms with van der Waals surface area (Å²) >= 11 is 0. The van der Waals surface area contributed by atoms with Crippen molar-refractivity contribution in [3.63, 3.8) is 0 Å². The van der Waals surface area contributed by atoms with Gasteiger partial charge in [0, 0.05) is 12.0 Å². The number of carboxylic acids is 1. The minimum absolute atomic E-state index is 0.0181. The van der Waals surface area contributed by atoms with E-state index >= 15 is 0 Å². The van der Waals surface area contributed by atoms with Gasteiger partial charge in [-0.15, -0.1) is 0 Å². The van der Waals surface area contributed by atoms with Crippen LogP contribution in [0.1, 0.15) is 30.0 Å². The topological polar surface area (TPSA) is 68.9 Å². The summed E-state index contributed by atoms with van der Waals surface area (Å²) in [5.74, 6) is -1.12. The second-order valence-corrected chi connectivity index (χ2v) is 4.57. The van der Waals surface area contributed by atoms with Gasteiger partial charge in [0.25, 0.3) is 0 Å². The maximum Gasteiger partial charge on any atom is 0.371 e. The van der Waals surface area contributed by atoms with Gasteiger partial charge in [0.05, 0.1) is 19.3 Å². The number of carboxylic acid groups (broad SMARTS) is 1. The summed E-state index contributed by atoms with van der Waals surface area (Å²) in [6.07, 6.45) is 0.0181. The van der Waals surface area contributed by atoms with Crippen molar-refractivity contribution in [1.29, 1.82) is 0 Å². The fraction of sp³-hybridized carbons (Fsp3) is 0.400. The standard InChI is InChI=1S/C15H18O5/c1-3-18-8-10(2)19-9-11-4-5-13-12(6-11)7-14(20-13)15(16)17/h4-7,10H,3,8-9H2,1-2H3,(H,16,17). The highest BCUT2D eigenvalue weighted by Crippen LogP contribution is 2.21. The molecule has 20 heavy (non-hydrogen) atoms. The lowest BCUT2D eigenvalue weighted by Crippen LogP contribution is -2.15. The number of carbonyl (C=O) groups is 1. The molecule has 0 aliphatic carbocycles. The van der Waals surface area contributed by atoms with Crippen LogP contribution in [0.3, 0.4) is 0 Å². The Labute approximate surface area is 117 Å². The van der Waals surface area contributed by atoms with E-state index in [0.717, 1.165) is 10.9 Å². The van der Waals surface area contributed by atoms with Crippen molar-refractivity contribution in [2.24, 2.45) is 0 Å². The number of rotatable bonds is 7. The molecule has 0 radical (unpaired) electrons. The van der Waals surface area contributed by atoms with Gasteiger partial charge in [-0.2, -0.15) is 0 Å². The van der Waals surface area contributed by atoms with Crippen molar-refractivity contribution in [3.8, 4) is 0 Å². The molecule has 2 rings (SSSR count). The minimum Gasteiger partial charge on any atom is -0.475 e. The van der Waals surface area contributed by atoms with Gasteiger partial charge in [0.1, 0.15) is 5.58 Å². The monoisotopic (exact) mass is 278 g/mol. The maximum absolute atomic E-state index is 10.8. The number of aromatic carboxylic acids is 1. The second-order valence-electron chi connectivity index (χ2n) is 4.57. The molecule has 1 unspecified atom stereocenters. The Kier molecular flexibility index (Phi) is 4.76. The lowest BCUT2D eigenvalue weighted by Gasteiger charge is -2.12. The Balaban J connectivity index is 2.02. The van der Waals surface area contributed by atoms with E-state index in [1.165, 1.54) is 6.07 Å². The van der Waals surface area contributed by atoms with E-state index in [1.54, 1.807) is 6.07 Å². The van der Waals surface area contributed by atoms with Crippen molar-refractivity contribution in [3.05, 3.63) is 35.6 Å². The molecule has 1 aromatic heterocycles. The number of hydrogen-bond donors (Lipinski definition) is 1. The Morgan fingerprint density at radius 2 is 2.20 bits per heavy atom. The fourth-order valence-electron chi connectivity index (χ4n) is 1.86. The Bertz CT molecular complexity index is 587. The Morgan fingerprint density at radius 1 is 1.40 bits per heavy atom. The molecule has 1 N–H and O–H groups in total. The molecule has 5 heteroatoms. The first kappa shape index (κ1) is 14.6. The molecule has 1 heterocycles. The molecule has 0 spiro atoms. The molecular weight excluding hydrogens is 260 g/mol. The average molecular weight is 278 g/mol. The first-order chi connectivity index (χ1) is 9.60. The van der Waals surface area contributed by atoms with Crippen molar-refractivity contribution in [1.82, 2.24) is 0 Å². The summed E-state index contributed by atoms with van der Waals surface area (Å²) in [6.45, 7) is 5.59. The largest absolute Gasteiger partial charge is 0.475 e. The van der Waals surface area contributed by atoms with Crippen LogP contribution >= 0.6 is 0 Å². The number of hydrogen-bond acceptors (Lipinski definition) is 4. The van der Waals surface area contributed by atoms with E-state index in [4.69, 9.17) is 19.0 Å². The zero-order valence-corrected chi connectivity index (χ0v) is 11.6. The molecule has 108 valence electrons. The van der Waals surface area contributed by atoms with Gasteiger partial charge in [-0.3, -0.25) is 0 Å². The summed E-state index contributed by atoms with van der Waals surface area (Å²) in [5.41, 5.74) is 1.53. The number of benzene rings is 1. The molecule has 1 aromatic carbocycles. The van der Waals surface area contributed by atoms with E-state index in [1.807, 2.05) is 26.0 Å². The summed E-state index contributed by atoms with van der Waals surface area (Å²) in [5, 5.41) is 9.65. The molecule has 0 saturated carbocycles. The molecule has 0 bridgehead atoms. The zero-order valence-electron chi connectivity index (χ0n) is 11.6. The second kappa shape index (κ2) is 6.54. The van der Waals surface area contributed by atoms with Crippen molar-refractivity contribution >= 4 is 16.9 Å². The summed E-state index contributed by atoms with van der Waals surface area (Å²) in [7, 11) is 0. The zero-order chi connectivity index (χ0) is 14.5. The van der Waals surface area contributed by atoms with E-state index < -0.39 is 5.97 Å². The van der Waals surface area contributed by atoms with Gasteiger partial charge >= 0.3 is 5.97 Å². The van der Waals surface area contributed by atoms with Crippen LogP contribution in [0.4, 0.5) is 0 Å². The Hall–Kier alpha value is -1.85. The van der Waals surface area contributed by atoms with Crippen molar-refractivity contribution < 1.29 is 23.8 Å². The van der Waals surface area contributed by atoms with Gasteiger partial charge in [0.2, 0.25) is 5.76 Å². The fourth-order valence-corrected chi connectivity index (χ4v) is 1.86. The third kappa shape index (κ3) is 3.59. The van der Waals surface area contributed by atoms with Gasteiger partial charge in [-0.25, -0.2) is 4.79 Å². The lowest BCUT2D eigenvalue weighted by atomic mass is 10.1. The molecule has 0 amide bonds.